The molecule has 31 heavy (non-hydrogen) atoms. The number of nitrogens with one attached hydrogen (secondary N) is 2. The molecule has 0 atom stereocenters. The Balaban J connectivity index is 1.36. The van der Waals surface area contributed by atoms with Gasteiger partial charge in [-0.2, -0.15) is 0 Å². The van der Waals surface area contributed by atoms with E-state index < -0.39 is 0 Å². The number of halogens is 1. The van der Waals surface area contributed by atoms with Crippen molar-refractivity contribution in [2.24, 2.45) is 0 Å². The van der Waals surface area contributed by atoms with Gasteiger partial charge in [0.15, 0.2) is 0 Å². The summed E-state index contributed by atoms with van der Waals surface area (Å²) in [4.78, 5) is 28.8. The van der Waals surface area contributed by atoms with Crippen molar-refractivity contribution in [3.05, 3.63) is 113 Å². The normalized spacial score (nSPS) is 10.5. The average molecular weight is 431 g/mol. The number of hydrogen-bond acceptors (Lipinski definition) is 3. The first-order chi connectivity index (χ1) is 15.1. The quantitative estimate of drug-likeness (QED) is 0.447. The van der Waals surface area contributed by atoms with Crippen LogP contribution in [0.2, 0.25) is 5.02 Å². The zero-order valence-electron chi connectivity index (χ0n) is 16.5. The van der Waals surface area contributed by atoms with Crippen LogP contribution >= 0.6 is 11.6 Å². The molecular formula is C24H19ClN4O2. The van der Waals surface area contributed by atoms with Crippen molar-refractivity contribution >= 4 is 34.8 Å². The van der Waals surface area contributed by atoms with E-state index >= 15 is 0 Å². The fraction of sp³-hybridized carbons (Fsp3) is 0.0417. The van der Waals surface area contributed by atoms with E-state index in [1.165, 1.54) is 0 Å². The van der Waals surface area contributed by atoms with Crippen LogP contribution in [-0.2, 0) is 6.54 Å². The second-order valence-corrected chi connectivity index (χ2v) is 7.35. The molecule has 0 aliphatic carbocycles. The SMILES string of the molecule is O=C(Nc1ccc(Cn2cnc(C(=O)Nc3cccc(Cl)c3)c2)cc1)c1ccccc1. The Hall–Kier alpha value is -3.90. The molecule has 154 valence electrons. The molecule has 0 bridgehead atoms. The van der Waals surface area contributed by atoms with Crippen molar-refractivity contribution in [2.45, 2.75) is 6.54 Å². The summed E-state index contributed by atoms with van der Waals surface area (Å²) in [6, 6.07) is 23.5. The van der Waals surface area contributed by atoms with Crippen LogP contribution in [0.15, 0.2) is 91.4 Å². The third-order valence-electron chi connectivity index (χ3n) is 4.56. The van der Waals surface area contributed by atoms with E-state index in [0.29, 0.717) is 34.2 Å². The molecule has 0 unspecified atom stereocenters. The van der Waals surface area contributed by atoms with E-state index in [1.807, 2.05) is 47.0 Å². The topological polar surface area (TPSA) is 76.0 Å². The molecule has 0 aliphatic rings. The highest BCUT2D eigenvalue weighted by Crippen LogP contribution is 2.16. The maximum atomic E-state index is 12.4. The Kier molecular flexibility index (Phi) is 6.10. The molecule has 0 saturated heterocycles. The van der Waals surface area contributed by atoms with Crippen LogP contribution in [-0.4, -0.2) is 21.4 Å². The zero-order chi connectivity index (χ0) is 21.6. The fourth-order valence-electron chi connectivity index (χ4n) is 3.02. The minimum Gasteiger partial charge on any atom is -0.332 e. The van der Waals surface area contributed by atoms with Crippen molar-refractivity contribution in [3.8, 4) is 0 Å². The number of carbonyl (C=O) groups is 2. The van der Waals surface area contributed by atoms with Gasteiger partial charge in [-0.25, -0.2) is 4.98 Å². The van der Waals surface area contributed by atoms with Gasteiger partial charge in [0, 0.05) is 34.7 Å². The van der Waals surface area contributed by atoms with E-state index in [2.05, 4.69) is 15.6 Å². The van der Waals surface area contributed by atoms with Crippen LogP contribution in [0.25, 0.3) is 0 Å². The maximum Gasteiger partial charge on any atom is 0.275 e. The van der Waals surface area contributed by atoms with Crippen LogP contribution < -0.4 is 10.6 Å². The summed E-state index contributed by atoms with van der Waals surface area (Å²) in [5, 5.41) is 6.20. The summed E-state index contributed by atoms with van der Waals surface area (Å²) in [5.41, 5.74) is 3.25. The summed E-state index contributed by atoms with van der Waals surface area (Å²) >= 11 is 5.94. The minimum atomic E-state index is -0.306. The largest absolute Gasteiger partial charge is 0.332 e. The molecule has 2 amide bonds. The van der Waals surface area contributed by atoms with Gasteiger partial charge in [-0.05, 0) is 48.0 Å². The van der Waals surface area contributed by atoms with Gasteiger partial charge in [0.1, 0.15) is 5.69 Å². The van der Waals surface area contributed by atoms with Gasteiger partial charge in [0.2, 0.25) is 0 Å². The lowest BCUT2D eigenvalue weighted by atomic mass is 10.2. The molecule has 0 spiro atoms. The molecule has 3 aromatic carbocycles. The lowest BCUT2D eigenvalue weighted by Gasteiger charge is -2.07. The number of anilines is 2. The second-order valence-electron chi connectivity index (χ2n) is 6.91. The molecule has 4 rings (SSSR count). The first kappa shape index (κ1) is 20.4. The molecule has 1 heterocycles. The highest BCUT2D eigenvalue weighted by molar-refractivity contribution is 6.30. The third-order valence-corrected chi connectivity index (χ3v) is 4.80. The first-order valence-electron chi connectivity index (χ1n) is 9.61. The third kappa shape index (κ3) is 5.38. The Morgan fingerprint density at radius 2 is 1.58 bits per heavy atom. The van der Waals surface area contributed by atoms with Gasteiger partial charge in [0.25, 0.3) is 11.8 Å². The first-order valence-corrected chi connectivity index (χ1v) is 9.99. The molecule has 6 nitrogen and oxygen atoms in total. The van der Waals surface area contributed by atoms with Gasteiger partial charge in [0.05, 0.1) is 6.33 Å². The van der Waals surface area contributed by atoms with E-state index in [-0.39, 0.29) is 11.8 Å². The Morgan fingerprint density at radius 1 is 0.839 bits per heavy atom. The van der Waals surface area contributed by atoms with Crippen LogP contribution in [0.1, 0.15) is 26.4 Å². The average Bonchev–Trinajstić information content (AvgIpc) is 3.24. The van der Waals surface area contributed by atoms with Gasteiger partial charge in [-0.1, -0.05) is 48.0 Å². The molecule has 4 aromatic rings. The molecule has 0 fully saturated rings. The molecule has 0 radical (unpaired) electrons. The lowest BCUT2D eigenvalue weighted by Crippen LogP contribution is -2.12. The minimum absolute atomic E-state index is 0.154. The number of amides is 2. The fourth-order valence-corrected chi connectivity index (χ4v) is 3.21. The number of carbonyl (C=O) groups excluding carboxylic acids is 2. The van der Waals surface area contributed by atoms with Crippen LogP contribution in [0.3, 0.4) is 0 Å². The van der Waals surface area contributed by atoms with E-state index in [9.17, 15) is 9.59 Å². The number of benzene rings is 3. The van der Waals surface area contributed by atoms with Gasteiger partial charge in [-0.3, -0.25) is 9.59 Å². The van der Waals surface area contributed by atoms with E-state index in [4.69, 9.17) is 11.6 Å². The molecule has 0 saturated carbocycles. The predicted molar refractivity (Wildman–Crippen MR) is 122 cm³/mol. The second kappa shape index (κ2) is 9.28. The van der Waals surface area contributed by atoms with Gasteiger partial charge < -0.3 is 15.2 Å². The standard InChI is InChI=1S/C24H19ClN4O2/c25-19-7-4-8-21(13-19)28-24(31)22-15-29(16-26-22)14-17-9-11-20(12-10-17)27-23(30)18-5-2-1-3-6-18/h1-13,15-16H,14H2,(H,27,30)(H,28,31). The lowest BCUT2D eigenvalue weighted by molar-refractivity contribution is 0.101. The molecule has 7 heteroatoms. The zero-order valence-corrected chi connectivity index (χ0v) is 17.2. The van der Waals surface area contributed by atoms with E-state index in [1.54, 1.807) is 48.9 Å². The Morgan fingerprint density at radius 3 is 2.32 bits per heavy atom. The summed E-state index contributed by atoms with van der Waals surface area (Å²) in [6.07, 6.45) is 3.29. The number of aromatic nitrogens is 2. The number of hydrogen-bond donors (Lipinski definition) is 2. The monoisotopic (exact) mass is 430 g/mol. The summed E-state index contributed by atoms with van der Waals surface area (Å²) in [6.45, 7) is 0.546. The Bertz CT molecular complexity index is 1200. The summed E-state index contributed by atoms with van der Waals surface area (Å²) < 4.78 is 1.82. The van der Waals surface area contributed by atoms with Crippen LogP contribution in [0.5, 0.6) is 0 Å². The van der Waals surface area contributed by atoms with Gasteiger partial charge in [-0.15, -0.1) is 0 Å². The van der Waals surface area contributed by atoms with Crippen molar-refractivity contribution < 1.29 is 9.59 Å². The molecule has 2 N–H and O–H groups in total. The van der Waals surface area contributed by atoms with Crippen molar-refractivity contribution in [3.63, 3.8) is 0 Å². The number of nitrogens with zero attached hydrogens (tertiary/aromatic N) is 2. The van der Waals surface area contributed by atoms with E-state index in [0.717, 1.165) is 5.56 Å². The van der Waals surface area contributed by atoms with Crippen molar-refractivity contribution in [1.82, 2.24) is 9.55 Å². The van der Waals surface area contributed by atoms with Crippen LogP contribution in [0.4, 0.5) is 11.4 Å². The highest BCUT2D eigenvalue weighted by Gasteiger charge is 2.10. The predicted octanol–water partition coefficient (Wildman–Crippen LogP) is 5.09. The summed E-state index contributed by atoms with van der Waals surface area (Å²) in [5.74, 6) is -0.460. The highest BCUT2D eigenvalue weighted by atomic mass is 35.5. The van der Waals surface area contributed by atoms with Crippen LogP contribution in [0, 0.1) is 0 Å². The maximum absolute atomic E-state index is 12.4. The number of rotatable bonds is 6. The Labute approximate surface area is 184 Å². The molecule has 0 aliphatic heterocycles. The van der Waals surface area contributed by atoms with Gasteiger partial charge >= 0.3 is 0 Å². The smallest absolute Gasteiger partial charge is 0.275 e. The molecule has 1 aromatic heterocycles. The molecular weight excluding hydrogens is 412 g/mol. The summed E-state index contributed by atoms with van der Waals surface area (Å²) in [7, 11) is 0. The number of imidazole rings is 1. The van der Waals surface area contributed by atoms with Crippen molar-refractivity contribution in [2.75, 3.05) is 10.6 Å². The van der Waals surface area contributed by atoms with Crippen molar-refractivity contribution in [1.29, 1.82) is 0 Å².